The van der Waals surface area contributed by atoms with Crippen molar-refractivity contribution in [2.75, 3.05) is 39.6 Å². The predicted molar refractivity (Wildman–Crippen MR) is 400 cm³/mol. The van der Waals surface area contributed by atoms with Crippen LogP contribution in [0.25, 0.3) is 0 Å². The SMILES string of the molecule is CCCCCCCCCCCCCCCCCCCCCCC(=O)O[C@H](COC(=O)CCCCCCCCCCCCCCCCC)COP(=O)(O)OC[C@@H](O)COP(=O)(O)OC[C@@H](COC(=O)CCCCCCCCCCCC)OC(=O)CCCCCCCCCCCCC(C)C. The Morgan fingerprint density at radius 2 is 0.469 bits per heavy atom. The van der Waals surface area contributed by atoms with E-state index >= 15 is 0 Å². The number of aliphatic hydroxyl groups excluding tert-OH is 1. The number of hydrogen-bond donors (Lipinski definition) is 3. The molecule has 0 aromatic heterocycles. The van der Waals surface area contributed by atoms with Crippen molar-refractivity contribution in [2.24, 2.45) is 5.92 Å². The lowest BCUT2D eigenvalue weighted by molar-refractivity contribution is -0.161. The fourth-order valence-electron chi connectivity index (χ4n) is 12.2. The molecule has 2 unspecified atom stereocenters. The molecule has 0 radical (unpaired) electrons. The fraction of sp³-hybridized carbons (Fsp3) is 0.949. The summed E-state index contributed by atoms with van der Waals surface area (Å²) in [5.74, 6) is -1.36. The molecule has 0 rings (SSSR count). The van der Waals surface area contributed by atoms with Crippen molar-refractivity contribution in [3.8, 4) is 0 Å². The van der Waals surface area contributed by atoms with E-state index in [2.05, 4.69) is 34.6 Å². The molecule has 0 aliphatic heterocycles. The summed E-state index contributed by atoms with van der Waals surface area (Å²) in [5.41, 5.74) is 0. The van der Waals surface area contributed by atoms with Gasteiger partial charge in [0, 0.05) is 25.7 Å². The highest BCUT2D eigenvalue weighted by Gasteiger charge is 2.30. The first-order valence-corrected chi connectivity index (χ1v) is 44.1. The van der Waals surface area contributed by atoms with E-state index in [0.29, 0.717) is 25.7 Å². The number of unbranched alkanes of at least 4 members (excludes halogenated alkanes) is 51. The highest BCUT2D eigenvalue weighted by Crippen LogP contribution is 2.45. The Balaban J connectivity index is 5.22. The zero-order chi connectivity index (χ0) is 71.9. The topological polar surface area (TPSA) is 237 Å². The lowest BCUT2D eigenvalue weighted by atomic mass is 10.0. The molecule has 5 atom stereocenters. The molecular weight excluding hydrogens is 1280 g/mol. The van der Waals surface area contributed by atoms with Gasteiger partial charge in [0.1, 0.15) is 19.3 Å². The van der Waals surface area contributed by atoms with Crippen LogP contribution in [0.1, 0.15) is 420 Å². The smallest absolute Gasteiger partial charge is 0.462 e. The monoisotopic (exact) mass is 1440 g/mol. The van der Waals surface area contributed by atoms with Crippen LogP contribution < -0.4 is 0 Å². The van der Waals surface area contributed by atoms with E-state index in [0.717, 1.165) is 95.8 Å². The summed E-state index contributed by atoms with van der Waals surface area (Å²) in [7, 11) is -9.91. The molecule has 0 saturated carbocycles. The zero-order valence-corrected chi connectivity index (χ0v) is 65.7. The first-order valence-electron chi connectivity index (χ1n) is 41.1. The van der Waals surface area contributed by atoms with Gasteiger partial charge in [0.25, 0.3) is 0 Å². The molecule has 19 heteroatoms. The zero-order valence-electron chi connectivity index (χ0n) is 63.9. The standard InChI is InChI=1S/C79H154O17P2/c1-6-9-12-15-18-21-24-26-28-29-30-31-32-34-36-38-44-49-54-59-64-78(83)95-75(69-90-77(82)63-58-53-48-43-37-35-33-27-25-22-19-16-13-10-7-2)71-94-98(87,88)92-67-73(80)66-91-97(85,86)93-70-74(68-89-76(81)62-57-52-47-42-23-20-17-14-11-8-3)96-79(84)65-60-55-50-45-40-39-41-46-51-56-61-72(4)5/h72-75,80H,6-71H2,1-5H3,(H,85,86)(H,87,88)/t73-,74+,75+/m0/s1. The van der Waals surface area contributed by atoms with Gasteiger partial charge in [-0.1, -0.05) is 369 Å². The molecule has 17 nitrogen and oxygen atoms in total. The Labute approximate surface area is 600 Å². The lowest BCUT2D eigenvalue weighted by Gasteiger charge is -2.21. The summed E-state index contributed by atoms with van der Waals surface area (Å²) >= 11 is 0. The van der Waals surface area contributed by atoms with Crippen LogP contribution in [0.3, 0.4) is 0 Å². The third-order valence-electron chi connectivity index (χ3n) is 18.5. The highest BCUT2D eigenvalue weighted by molar-refractivity contribution is 7.47. The number of ether oxygens (including phenoxy) is 4. The minimum atomic E-state index is -4.96. The van der Waals surface area contributed by atoms with Crippen LogP contribution >= 0.6 is 15.6 Å². The molecule has 3 N–H and O–H groups in total. The Morgan fingerprint density at radius 1 is 0.276 bits per heavy atom. The lowest BCUT2D eigenvalue weighted by Crippen LogP contribution is -2.30. The Kier molecular flexibility index (Phi) is 70.6. The van der Waals surface area contributed by atoms with Crippen LogP contribution in [-0.2, 0) is 65.4 Å². The van der Waals surface area contributed by atoms with E-state index in [-0.39, 0.29) is 25.7 Å². The summed E-state index contributed by atoms with van der Waals surface area (Å²) in [6.45, 7) is 7.30. The van der Waals surface area contributed by atoms with Gasteiger partial charge >= 0.3 is 39.5 Å². The second kappa shape index (κ2) is 72.0. The Hall–Kier alpha value is -1.94. The van der Waals surface area contributed by atoms with Gasteiger partial charge < -0.3 is 33.8 Å². The highest BCUT2D eigenvalue weighted by atomic mass is 31.2. The third-order valence-corrected chi connectivity index (χ3v) is 20.4. The summed E-state index contributed by atoms with van der Waals surface area (Å²) in [4.78, 5) is 72.9. The predicted octanol–water partition coefficient (Wildman–Crippen LogP) is 23.6. The van der Waals surface area contributed by atoms with Crippen LogP contribution in [-0.4, -0.2) is 96.7 Å². The molecule has 0 saturated heterocycles. The normalized spacial score (nSPS) is 13.9. The number of hydrogen-bond acceptors (Lipinski definition) is 15. The van der Waals surface area contributed by atoms with Crippen LogP contribution in [0.5, 0.6) is 0 Å². The molecule has 0 heterocycles. The van der Waals surface area contributed by atoms with Crippen LogP contribution in [0, 0.1) is 5.92 Å². The quantitative estimate of drug-likeness (QED) is 0.0222. The van der Waals surface area contributed by atoms with Crippen molar-refractivity contribution in [3.05, 3.63) is 0 Å². The van der Waals surface area contributed by atoms with E-state index in [1.165, 1.54) is 244 Å². The van der Waals surface area contributed by atoms with Gasteiger partial charge in [-0.25, -0.2) is 9.13 Å². The maximum absolute atomic E-state index is 13.1. The number of carbonyl (C=O) groups excluding carboxylic acids is 4. The number of phosphoric ester groups is 2. The van der Waals surface area contributed by atoms with Gasteiger partial charge in [-0.3, -0.25) is 37.3 Å². The number of rotatable bonds is 79. The van der Waals surface area contributed by atoms with Crippen molar-refractivity contribution in [2.45, 2.75) is 438 Å². The molecule has 0 spiro atoms. The first-order chi connectivity index (χ1) is 47.5. The molecule has 0 bridgehead atoms. The van der Waals surface area contributed by atoms with Crippen molar-refractivity contribution in [1.29, 1.82) is 0 Å². The molecular formula is C79H154O17P2. The van der Waals surface area contributed by atoms with Gasteiger partial charge in [0.2, 0.25) is 0 Å². The molecule has 582 valence electrons. The summed E-state index contributed by atoms with van der Waals surface area (Å²) in [5, 5.41) is 10.6. The van der Waals surface area contributed by atoms with Crippen molar-refractivity contribution < 1.29 is 80.2 Å². The molecule has 0 aromatic rings. The third kappa shape index (κ3) is 72.4. The average molecular weight is 1440 g/mol. The van der Waals surface area contributed by atoms with Crippen molar-refractivity contribution >= 4 is 39.5 Å². The second-order valence-electron chi connectivity index (χ2n) is 28.9. The van der Waals surface area contributed by atoms with Gasteiger partial charge in [-0.15, -0.1) is 0 Å². The number of esters is 4. The number of aliphatic hydroxyl groups is 1. The maximum atomic E-state index is 13.1. The second-order valence-corrected chi connectivity index (χ2v) is 31.8. The summed E-state index contributed by atoms with van der Waals surface area (Å²) < 4.78 is 68.6. The molecule has 0 aliphatic carbocycles. The van der Waals surface area contributed by atoms with E-state index < -0.39 is 97.5 Å². The van der Waals surface area contributed by atoms with Crippen molar-refractivity contribution in [1.82, 2.24) is 0 Å². The van der Waals surface area contributed by atoms with Crippen LogP contribution in [0.4, 0.5) is 0 Å². The Bertz CT molecular complexity index is 1870. The molecule has 0 aromatic carbocycles. The number of phosphoric acid groups is 2. The van der Waals surface area contributed by atoms with E-state index in [1.54, 1.807) is 0 Å². The van der Waals surface area contributed by atoms with Gasteiger partial charge in [0.15, 0.2) is 12.2 Å². The minimum absolute atomic E-state index is 0.107. The molecule has 0 aliphatic rings. The summed E-state index contributed by atoms with van der Waals surface area (Å²) in [6.07, 6.45) is 62.4. The van der Waals surface area contributed by atoms with E-state index in [4.69, 9.17) is 37.0 Å². The number of carbonyl (C=O) groups is 4. The fourth-order valence-corrected chi connectivity index (χ4v) is 13.8. The maximum Gasteiger partial charge on any atom is 0.472 e. The van der Waals surface area contributed by atoms with Crippen molar-refractivity contribution in [3.63, 3.8) is 0 Å². The largest absolute Gasteiger partial charge is 0.472 e. The average Bonchev–Trinajstić information content (AvgIpc) is 1.49. The van der Waals surface area contributed by atoms with Crippen LogP contribution in [0.2, 0.25) is 0 Å². The molecule has 98 heavy (non-hydrogen) atoms. The van der Waals surface area contributed by atoms with E-state index in [9.17, 15) is 43.2 Å². The van der Waals surface area contributed by atoms with E-state index in [1.807, 2.05) is 0 Å². The minimum Gasteiger partial charge on any atom is -0.462 e. The Morgan fingerprint density at radius 3 is 0.694 bits per heavy atom. The molecule has 0 amide bonds. The van der Waals surface area contributed by atoms with Gasteiger partial charge in [0.05, 0.1) is 26.4 Å². The first kappa shape index (κ1) is 96.1. The van der Waals surface area contributed by atoms with Gasteiger partial charge in [-0.2, -0.15) is 0 Å². The van der Waals surface area contributed by atoms with Gasteiger partial charge in [-0.05, 0) is 31.6 Å². The molecule has 0 fully saturated rings. The summed E-state index contributed by atoms with van der Waals surface area (Å²) in [6, 6.07) is 0. The van der Waals surface area contributed by atoms with Crippen LogP contribution in [0.15, 0.2) is 0 Å².